The zero-order valence-electron chi connectivity index (χ0n) is 16.1. The van der Waals surface area contributed by atoms with E-state index in [1.165, 1.54) is 12.1 Å². The highest BCUT2D eigenvalue weighted by Gasteiger charge is 2.25. The maximum absolute atomic E-state index is 13.2. The number of anilines is 1. The molecular formula is C24H24FNO2. The van der Waals surface area contributed by atoms with Crippen LogP contribution in [0.25, 0.3) is 0 Å². The molecule has 0 radical (unpaired) electrons. The van der Waals surface area contributed by atoms with Gasteiger partial charge in [-0.15, -0.1) is 0 Å². The number of hydrogen-bond acceptors (Lipinski definition) is 2. The van der Waals surface area contributed by atoms with E-state index < -0.39 is 6.10 Å². The van der Waals surface area contributed by atoms with Crippen LogP contribution in [0.3, 0.4) is 0 Å². The minimum atomic E-state index is -1.24. The number of carbonyl (C=O) groups excluding carboxylic acids is 1. The minimum Gasteiger partial charge on any atom is -0.378 e. The molecule has 0 aliphatic heterocycles. The summed E-state index contributed by atoms with van der Waals surface area (Å²) < 4.78 is 13.2. The Bertz CT molecular complexity index is 939. The van der Waals surface area contributed by atoms with E-state index in [9.17, 15) is 14.3 Å². The van der Waals surface area contributed by atoms with Gasteiger partial charge in [0.15, 0.2) is 6.10 Å². The van der Waals surface area contributed by atoms with Gasteiger partial charge in [-0.3, -0.25) is 4.79 Å². The molecule has 1 amide bonds. The van der Waals surface area contributed by atoms with Crippen LogP contribution in [-0.2, 0) is 11.2 Å². The SMILES string of the molecule is Cc1ccc(N(CCc2ccc(F)cc2)C(=O)[C@H](O)c2ccccc2)cc1C. The fourth-order valence-corrected chi connectivity index (χ4v) is 3.08. The van der Waals surface area contributed by atoms with Crippen molar-refractivity contribution in [3.05, 3.63) is 101 Å². The summed E-state index contributed by atoms with van der Waals surface area (Å²) in [6.45, 7) is 4.40. The third-order valence-corrected chi connectivity index (χ3v) is 4.95. The van der Waals surface area contributed by atoms with E-state index in [0.717, 1.165) is 22.4 Å². The minimum absolute atomic E-state index is 0.287. The summed E-state index contributed by atoms with van der Waals surface area (Å²) in [5.41, 5.74) is 4.44. The highest BCUT2D eigenvalue weighted by atomic mass is 19.1. The first-order valence-electron chi connectivity index (χ1n) is 9.32. The summed E-state index contributed by atoms with van der Waals surface area (Å²) in [5, 5.41) is 10.6. The van der Waals surface area contributed by atoms with E-state index in [0.29, 0.717) is 18.5 Å². The first-order chi connectivity index (χ1) is 13.5. The highest BCUT2D eigenvalue weighted by Crippen LogP contribution is 2.24. The van der Waals surface area contributed by atoms with Gasteiger partial charge in [-0.25, -0.2) is 4.39 Å². The van der Waals surface area contributed by atoms with Gasteiger partial charge in [0.1, 0.15) is 5.82 Å². The lowest BCUT2D eigenvalue weighted by atomic mass is 10.1. The van der Waals surface area contributed by atoms with Crippen LogP contribution < -0.4 is 4.90 Å². The Morgan fingerprint density at radius 3 is 2.29 bits per heavy atom. The predicted octanol–water partition coefficient (Wildman–Crippen LogP) is 4.75. The lowest BCUT2D eigenvalue weighted by Gasteiger charge is -2.26. The topological polar surface area (TPSA) is 40.5 Å². The molecule has 3 nitrogen and oxygen atoms in total. The van der Waals surface area contributed by atoms with E-state index in [1.807, 2.05) is 38.1 Å². The zero-order valence-corrected chi connectivity index (χ0v) is 16.1. The van der Waals surface area contributed by atoms with Crippen molar-refractivity contribution in [1.82, 2.24) is 0 Å². The molecule has 0 bridgehead atoms. The fourth-order valence-electron chi connectivity index (χ4n) is 3.08. The molecule has 0 heterocycles. The summed E-state index contributed by atoms with van der Waals surface area (Å²) in [5.74, 6) is -0.665. The van der Waals surface area contributed by atoms with E-state index >= 15 is 0 Å². The first kappa shape index (κ1) is 19.8. The van der Waals surface area contributed by atoms with Crippen molar-refractivity contribution >= 4 is 11.6 Å². The number of rotatable bonds is 6. The highest BCUT2D eigenvalue weighted by molar-refractivity contribution is 5.97. The normalized spacial score (nSPS) is 11.9. The molecule has 3 rings (SSSR count). The number of hydrogen-bond donors (Lipinski definition) is 1. The summed E-state index contributed by atoms with van der Waals surface area (Å²) in [7, 11) is 0. The van der Waals surface area contributed by atoms with Gasteiger partial charge in [-0.1, -0.05) is 48.5 Å². The van der Waals surface area contributed by atoms with Gasteiger partial charge in [-0.05, 0) is 66.8 Å². The van der Waals surface area contributed by atoms with Gasteiger partial charge in [0.2, 0.25) is 0 Å². The van der Waals surface area contributed by atoms with Crippen LogP contribution in [0.15, 0.2) is 72.8 Å². The van der Waals surface area contributed by atoms with Crippen molar-refractivity contribution in [3.8, 4) is 0 Å². The molecule has 0 aromatic heterocycles. The quantitative estimate of drug-likeness (QED) is 0.673. The van der Waals surface area contributed by atoms with Crippen molar-refractivity contribution in [2.45, 2.75) is 26.4 Å². The molecule has 0 saturated heterocycles. The number of carbonyl (C=O) groups is 1. The summed E-state index contributed by atoms with van der Waals surface area (Å²) in [6, 6.07) is 21.0. The van der Waals surface area contributed by atoms with E-state index in [4.69, 9.17) is 0 Å². The Morgan fingerprint density at radius 2 is 1.64 bits per heavy atom. The second-order valence-corrected chi connectivity index (χ2v) is 6.95. The molecule has 0 saturated carbocycles. The Morgan fingerprint density at radius 1 is 0.964 bits per heavy atom. The van der Waals surface area contributed by atoms with Crippen LogP contribution in [-0.4, -0.2) is 17.6 Å². The Labute approximate surface area is 165 Å². The van der Waals surface area contributed by atoms with Gasteiger partial charge in [0, 0.05) is 12.2 Å². The maximum Gasteiger partial charge on any atom is 0.260 e. The summed E-state index contributed by atoms with van der Waals surface area (Å²) in [6.07, 6.45) is -0.684. The van der Waals surface area contributed by atoms with Gasteiger partial charge in [0.25, 0.3) is 5.91 Å². The van der Waals surface area contributed by atoms with Crippen LogP contribution >= 0.6 is 0 Å². The lowest BCUT2D eigenvalue weighted by Crippen LogP contribution is -2.37. The standard InChI is InChI=1S/C24H24FNO2/c1-17-8-13-22(16-18(17)2)26(15-14-19-9-11-21(25)12-10-19)24(28)23(27)20-6-4-3-5-7-20/h3-13,16,23,27H,14-15H2,1-2H3/t23-/m1/s1. The largest absolute Gasteiger partial charge is 0.378 e. The van der Waals surface area contributed by atoms with Crippen LogP contribution in [0.2, 0.25) is 0 Å². The van der Waals surface area contributed by atoms with Gasteiger partial charge in [0.05, 0.1) is 0 Å². The molecule has 3 aromatic carbocycles. The molecule has 0 aliphatic rings. The number of benzene rings is 3. The Hall–Kier alpha value is -2.98. The van der Waals surface area contributed by atoms with E-state index in [-0.39, 0.29) is 11.7 Å². The predicted molar refractivity (Wildman–Crippen MR) is 110 cm³/mol. The number of halogens is 1. The lowest BCUT2D eigenvalue weighted by molar-refractivity contribution is -0.126. The molecule has 0 aliphatic carbocycles. The number of aryl methyl sites for hydroxylation is 2. The average molecular weight is 377 g/mol. The first-order valence-corrected chi connectivity index (χ1v) is 9.32. The zero-order chi connectivity index (χ0) is 20.1. The average Bonchev–Trinajstić information content (AvgIpc) is 2.72. The molecule has 28 heavy (non-hydrogen) atoms. The third kappa shape index (κ3) is 4.65. The number of nitrogens with zero attached hydrogens (tertiary/aromatic N) is 1. The van der Waals surface area contributed by atoms with E-state index in [1.54, 1.807) is 41.3 Å². The smallest absolute Gasteiger partial charge is 0.260 e. The van der Waals surface area contributed by atoms with Gasteiger partial charge >= 0.3 is 0 Å². The van der Waals surface area contributed by atoms with Crippen molar-refractivity contribution in [3.63, 3.8) is 0 Å². The number of amides is 1. The molecule has 0 spiro atoms. The molecular weight excluding hydrogens is 353 g/mol. The summed E-state index contributed by atoms with van der Waals surface area (Å²) in [4.78, 5) is 14.7. The van der Waals surface area contributed by atoms with Gasteiger partial charge in [-0.2, -0.15) is 0 Å². The number of aliphatic hydroxyl groups is 1. The fraction of sp³-hybridized carbons (Fsp3) is 0.208. The van der Waals surface area contributed by atoms with Crippen molar-refractivity contribution in [2.24, 2.45) is 0 Å². The summed E-state index contributed by atoms with van der Waals surface area (Å²) >= 11 is 0. The molecule has 4 heteroatoms. The molecule has 1 atom stereocenters. The third-order valence-electron chi connectivity index (χ3n) is 4.95. The van der Waals surface area contributed by atoms with Crippen LogP contribution in [0, 0.1) is 19.7 Å². The Balaban J connectivity index is 1.87. The van der Waals surface area contributed by atoms with Crippen molar-refractivity contribution in [2.75, 3.05) is 11.4 Å². The van der Waals surface area contributed by atoms with Gasteiger partial charge < -0.3 is 10.0 Å². The van der Waals surface area contributed by atoms with Crippen LogP contribution in [0.4, 0.5) is 10.1 Å². The molecule has 1 N–H and O–H groups in total. The molecule has 144 valence electrons. The van der Waals surface area contributed by atoms with Crippen molar-refractivity contribution in [1.29, 1.82) is 0 Å². The molecule has 0 unspecified atom stereocenters. The monoisotopic (exact) mass is 377 g/mol. The molecule has 0 fully saturated rings. The van der Waals surface area contributed by atoms with Crippen LogP contribution in [0.1, 0.15) is 28.4 Å². The second-order valence-electron chi connectivity index (χ2n) is 6.95. The van der Waals surface area contributed by atoms with E-state index in [2.05, 4.69) is 0 Å². The van der Waals surface area contributed by atoms with Crippen molar-refractivity contribution < 1.29 is 14.3 Å². The van der Waals surface area contributed by atoms with Crippen LogP contribution in [0.5, 0.6) is 0 Å². The Kier molecular flexibility index (Phi) is 6.22. The second kappa shape index (κ2) is 8.81. The molecule has 3 aromatic rings. The number of aliphatic hydroxyl groups excluding tert-OH is 1. The maximum atomic E-state index is 13.2.